The molecule has 0 amide bonds. The number of hydrogen-bond donors (Lipinski definition) is 1. The molecule has 0 heterocycles. The van der Waals surface area contributed by atoms with Crippen molar-refractivity contribution in [2.75, 3.05) is 0 Å². The highest BCUT2D eigenvalue weighted by Crippen LogP contribution is 2.30. The monoisotopic (exact) mass is 204 g/mol. The van der Waals surface area contributed by atoms with E-state index in [1.54, 1.807) is 6.07 Å². The third-order valence-corrected chi connectivity index (χ3v) is 2.69. The first-order valence-electron chi connectivity index (χ1n) is 5.72. The van der Waals surface area contributed by atoms with E-state index in [2.05, 4.69) is 26.0 Å². The van der Waals surface area contributed by atoms with Gasteiger partial charge >= 0.3 is 0 Å². The largest absolute Gasteiger partial charge is 0.508 e. The predicted molar refractivity (Wildman–Crippen MR) is 65.2 cm³/mol. The maximum Gasteiger partial charge on any atom is 0.119 e. The van der Waals surface area contributed by atoms with Crippen LogP contribution in [0.5, 0.6) is 5.75 Å². The molecule has 1 aromatic rings. The molecule has 15 heavy (non-hydrogen) atoms. The summed E-state index contributed by atoms with van der Waals surface area (Å²) < 4.78 is 0. The van der Waals surface area contributed by atoms with Gasteiger partial charge in [-0.15, -0.1) is 0 Å². The van der Waals surface area contributed by atoms with E-state index < -0.39 is 0 Å². The Morgan fingerprint density at radius 2 is 1.93 bits per heavy atom. The van der Waals surface area contributed by atoms with Gasteiger partial charge in [0.25, 0.3) is 0 Å². The molecule has 0 saturated carbocycles. The first-order valence-corrected chi connectivity index (χ1v) is 5.72. The molecule has 1 nitrogen and oxygen atoms in total. The first kappa shape index (κ1) is 11.8. The number of benzene rings is 1. The lowest BCUT2D eigenvalue weighted by atomic mass is 9.92. The molecule has 1 rings (SSSR count). The number of allylic oxidation sites excluding steroid dienone is 2. The van der Waals surface area contributed by atoms with E-state index in [0.29, 0.717) is 11.7 Å². The average Bonchev–Trinajstić information content (AvgIpc) is 2.26. The standard InChI is InChI=1S/C14H20O/c1-3-5-6-9-12(4-2)13-10-7-8-11-14(13)15/h5-8,10-12,15H,3-4,9H2,1-2H3/b6-5-. The molecule has 0 spiro atoms. The summed E-state index contributed by atoms with van der Waals surface area (Å²) in [5.41, 5.74) is 1.07. The summed E-state index contributed by atoms with van der Waals surface area (Å²) in [7, 11) is 0. The van der Waals surface area contributed by atoms with Crippen LogP contribution in [0.4, 0.5) is 0 Å². The average molecular weight is 204 g/mol. The Bertz CT molecular complexity index is 315. The Morgan fingerprint density at radius 3 is 2.53 bits per heavy atom. The highest BCUT2D eigenvalue weighted by molar-refractivity contribution is 5.35. The van der Waals surface area contributed by atoms with E-state index in [1.807, 2.05) is 18.2 Å². The molecule has 1 atom stereocenters. The molecule has 1 N–H and O–H groups in total. The number of phenolic OH excluding ortho intramolecular Hbond substituents is 1. The summed E-state index contributed by atoms with van der Waals surface area (Å²) >= 11 is 0. The smallest absolute Gasteiger partial charge is 0.119 e. The van der Waals surface area contributed by atoms with Crippen molar-refractivity contribution >= 4 is 0 Å². The molecule has 82 valence electrons. The van der Waals surface area contributed by atoms with Gasteiger partial charge in [0.2, 0.25) is 0 Å². The van der Waals surface area contributed by atoms with Crippen molar-refractivity contribution in [1.82, 2.24) is 0 Å². The fourth-order valence-electron chi connectivity index (χ4n) is 1.77. The zero-order valence-corrected chi connectivity index (χ0v) is 9.61. The second-order valence-corrected chi connectivity index (χ2v) is 3.78. The zero-order chi connectivity index (χ0) is 11.1. The summed E-state index contributed by atoms with van der Waals surface area (Å²) in [4.78, 5) is 0. The summed E-state index contributed by atoms with van der Waals surface area (Å²) in [5, 5.41) is 9.74. The van der Waals surface area contributed by atoms with Gasteiger partial charge in [0.05, 0.1) is 0 Å². The van der Waals surface area contributed by atoms with E-state index >= 15 is 0 Å². The molecule has 0 aliphatic heterocycles. The normalized spacial score (nSPS) is 13.2. The highest BCUT2D eigenvalue weighted by atomic mass is 16.3. The van der Waals surface area contributed by atoms with Gasteiger partial charge in [-0.1, -0.05) is 44.2 Å². The molecule has 0 aliphatic carbocycles. The van der Waals surface area contributed by atoms with Crippen molar-refractivity contribution in [2.45, 2.75) is 39.0 Å². The number of aromatic hydroxyl groups is 1. The van der Waals surface area contributed by atoms with Crippen LogP contribution in [0.1, 0.15) is 44.6 Å². The van der Waals surface area contributed by atoms with Gasteiger partial charge in [-0.3, -0.25) is 0 Å². The lowest BCUT2D eigenvalue weighted by Gasteiger charge is -2.14. The number of para-hydroxylation sites is 1. The van der Waals surface area contributed by atoms with Crippen molar-refractivity contribution in [2.24, 2.45) is 0 Å². The Kier molecular flexibility index (Phi) is 4.96. The second kappa shape index (κ2) is 6.28. The number of phenols is 1. The molecule has 1 unspecified atom stereocenters. The Morgan fingerprint density at radius 1 is 1.20 bits per heavy atom. The summed E-state index contributed by atoms with van der Waals surface area (Å²) in [5.74, 6) is 0.864. The lowest BCUT2D eigenvalue weighted by molar-refractivity contribution is 0.459. The Balaban J connectivity index is 2.74. The van der Waals surface area contributed by atoms with Crippen molar-refractivity contribution in [3.05, 3.63) is 42.0 Å². The summed E-state index contributed by atoms with van der Waals surface area (Å²) in [6.45, 7) is 4.30. The van der Waals surface area contributed by atoms with E-state index in [1.165, 1.54) is 0 Å². The SMILES string of the molecule is CC/C=C\CC(CC)c1ccccc1O. The maximum absolute atomic E-state index is 9.74. The first-order chi connectivity index (χ1) is 7.29. The lowest BCUT2D eigenvalue weighted by Crippen LogP contribution is -1.96. The van der Waals surface area contributed by atoms with E-state index in [4.69, 9.17) is 0 Å². The number of hydrogen-bond acceptors (Lipinski definition) is 1. The molecular formula is C14H20O. The van der Waals surface area contributed by atoms with Crippen LogP contribution >= 0.6 is 0 Å². The van der Waals surface area contributed by atoms with Gasteiger partial charge in [0, 0.05) is 0 Å². The van der Waals surface area contributed by atoms with E-state index in [9.17, 15) is 5.11 Å². The highest BCUT2D eigenvalue weighted by Gasteiger charge is 2.10. The van der Waals surface area contributed by atoms with E-state index in [0.717, 1.165) is 24.8 Å². The molecule has 0 saturated heterocycles. The predicted octanol–water partition coefficient (Wildman–Crippen LogP) is 4.24. The Hall–Kier alpha value is -1.24. The van der Waals surface area contributed by atoms with Crippen LogP contribution in [0.2, 0.25) is 0 Å². The summed E-state index contributed by atoms with van der Waals surface area (Å²) in [6.07, 6.45) is 7.55. The molecule has 0 aliphatic rings. The molecule has 1 aromatic carbocycles. The van der Waals surface area contributed by atoms with Crippen molar-refractivity contribution in [1.29, 1.82) is 0 Å². The van der Waals surface area contributed by atoms with Crippen LogP contribution in [-0.2, 0) is 0 Å². The second-order valence-electron chi connectivity index (χ2n) is 3.78. The van der Waals surface area contributed by atoms with Crippen molar-refractivity contribution in [3.8, 4) is 5.75 Å². The van der Waals surface area contributed by atoms with Crippen LogP contribution in [0.3, 0.4) is 0 Å². The molecule has 0 radical (unpaired) electrons. The molecular weight excluding hydrogens is 184 g/mol. The van der Waals surface area contributed by atoms with E-state index in [-0.39, 0.29) is 0 Å². The van der Waals surface area contributed by atoms with Gasteiger partial charge < -0.3 is 5.11 Å². The van der Waals surface area contributed by atoms with Crippen LogP contribution in [0.15, 0.2) is 36.4 Å². The van der Waals surface area contributed by atoms with Gasteiger partial charge in [-0.25, -0.2) is 0 Å². The third kappa shape index (κ3) is 3.43. The fraction of sp³-hybridized carbons (Fsp3) is 0.429. The fourth-order valence-corrected chi connectivity index (χ4v) is 1.77. The third-order valence-electron chi connectivity index (χ3n) is 2.69. The maximum atomic E-state index is 9.74. The van der Waals surface area contributed by atoms with Crippen molar-refractivity contribution < 1.29 is 5.11 Å². The molecule has 0 bridgehead atoms. The Labute approximate surface area is 92.5 Å². The van der Waals surface area contributed by atoms with Crippen LogP contribution in [-0.4, -0.2) is 5.11 Å². The van der Waals surface area contributed by atoms with Crippen LogP contribution < -0.4 is 0 Å². The number of rotatable bonds is 5. The van der Waals surface area contributed by atoms with Crippen molar-refractivity contribution in [3.63, 3.8) is 0 Å². The molecule has 0 fully saturated rings. The topological polar surface area (TPSA) is 20.2 Å². The van der Waals surface area contributed by atoms with Gasteiger partial charge in [0.1, 0.15) is 5.75 Å². The van der Waals surface area contributed by atoms with Gasteiger partial charge in [-0.2, -0.15) is 0 Å². The minimum atomic E-state index is 0.425. The van der Waals surface area contributed by atoms with Crippen LogP contribution in [0.25, 0.3) is 0 Å². The molecule has 1 heteroatoms. The quantitative estimate of drug-likeness (QED) is 0.711. The summed E-state index contributed by atoms with van der Waals surface area (Å²) in [6, 6.07) is 7.64. The zero-order valence-electron chi connectivity index (χ0n) is 9.61. The van der Waals surface area contributed by atoms with Crippen LogP contribution in [0, 0.1) is 0 Å². The molecule has 0 aromatic heterocycles. The minimum absolute atomic E-state index is 0.425. The van der Waals surface area contributed by atoms with Gasteiger partial charge in [0.15, 0.2) is 0 Å². The van der Waals surface area contributed by atoms with Gasteiger partial charge in [-0.05, 0) is 36.8 Å². The minimum Gasteiger partial charge on any atom is -0.508 e.